The zero-order chi connectivity index (χ0) is 14.9. The number of anilines is 1. The van der Waals surface area contributed by atoms with Gasteiger partial charge in [0.05, 0.1) is 5.69 Å². The van der Waals surface area contributed by atoms with E-state index < -0.39 is 5.97 Å². The van der Waals surface area contributed by atoms with E-state index in [1.807, 2.05) is 7.05 Å². The molecule has 2 rings (SSSR count). The molecule has 0 spiro atoms. The molecule has 0 radical (unpaired) electrons. The largest absolute Gasteiger partial charge is 0.477 e. The molecule has 6 nitrogen and oxygen atoms in total. The van der Waals surface area contributed by atoms with Crippen LogP contribution in [0.2, 0.25) is 0 Å². The minimum absolute atomic E-state index is 0.338. The summed E-state index contributed by atoms with van der Waals surface area (Å²) in [5.41, 5.74) is 0.921. The average molecular weight is 280 g/mol. The van der Waals surface area contributed by atoms with Crippen LogP contribution in [-0.2, 0) is 7.05 Å². The fourth-order valence-corrected chi connectivity index (χ4v) is 2.92. The third kappa shape index (κ3) is 2.95. The molecule has 1 aliphatic heterocycles. The lowest BCUT2D eigenvalue weighted by Crippen LogP contribution is -2.48. The second-order valence-electron chi connectivity index (χ2n) is 5.89. The van der Waals surface area contributed by atoms with Gasteiger partial charge in [-0.05, 0) is 12.8 Å². The Morgan fingerprint density at radius 2 is 1.90 bits per heavy atom. The Labute approximate surface area is 120 Å². The van der Waals surface area contributed by atoms with Gasteiger partial charge in [-0.25, -0.2) is 4.79 Å². The van der Waals surface area contributed by atoms with E-state index in [1.165, 1.54) is 0 Å². The van der Waals surface area contributed by atoms with Crippen molar-refractivity contribution in [1.82, 2.24) is 14.7 Å². The number of carboxylic acids is 1. The van der Waals surface area contributed by atoms with Crippen molar-refractivity contribution in [3.8, 4) is 0 Å². The summed E-state index contributed by atoms with van der Waals surface area (Å²) in [6.45, 7) is 11.0. The van der Waals surface area contributed by atoms with E-state index in [9.17, 15) is 9.90 Å². The van der Waals surface area contributed by atoms with Crippen molar-refractivity contribution < 1.29 is 9.90 Å². The van der Waals surface area contributed by atoms with Crippen LogP contribution in [0.5, 0.6) is 0 Å². The van der Waals surface area contributed by atoms with Gasteiger partial charge in [-0.1, -0.05) is 13.8 Å². The van der Waals surface area contributed by atoms with Crippen LogP contribution in [0.15, 0.2) is 0 Å². The summed E-state index contributed by atoms with van der Waals surface area (Å²) in [6.07, 6.45) is 0. The number of aromatic carboxylic acids is 1. The van der Waals surface area contributed by atoms with Crippen LogP contribution in [-0.4, -0.2) is 58.5 Å². The molecule has 1 aliphatic rings. The summed E-state index contributed by atoms with van der Waals surface area (Å²) < 4.78 is 1.69. The lowest BCUT2D eigenvalue weighted by molar-refractivity contribution is 0.0696. The molecule has 0 unspecified atom stereocenters. The van der Waals surface area contributed by atoms with Gasteiger partial charge in [0.25, 0.3) is 0 Å². The van der Waals surface area contributed by atoms with Gasteiger partial charge in [-0.3, -0.25) is 9.58 Å². The van der Waals surface area contributed by atoms with Crippen LogP contribution < -0.4 is 4.90 Å². The first-order valence-electron chi connectivity index (χ1n) is 7.14. The average Bonchev–Trinajstić information content (AvgIpc) is 2.64. The lowest BCUT2D eigenvalue weighted by atomic mass is 10.1. The number of hydrogen-bond donors (Lipinski definition) is 1. The Morgan fingerprint density at radius 1 is 1.30 bits per heavy atom. The van der Waals surface area contributed by atoms with Crippen molar-refractivity contribution in [2.24, 2.45) is 13.0 Å². The Balaban J connectivity index is 2.13. The van der Waals surface area contributed by atoms with Gasteiger partial charge >= 0.3 is 5.97 Å². The number of carboxylic acid groups (broad SMARTS) is 1. The molecule has 2 heterocycles. The third-order valence-electron chi connectivity index (χ3n) is 3.70. The number of aromatic nitrogens is 2. The topological polar surface area (TPSA) is 61.6 Å². The van der Waals surface area contributed by atoms with Crippen molar-refractivity contribution in [3.63, 3.8) is 0 Å². The number of rotatable bonds is 4. The van der Waals surface area contributed by atoms with Crippen molar-refractivity contribution in [2.45, 2.75) is 20.8 Å². The lowest BCUT2D eigenvalue weighted by Gasteiger charge is -2.36. The first-order valence-corrected chi connectivity index (χ1v) is 7.14. The van der Waals surface area contributed by atoms with Crippen LogP contribution in [0.3, 0.4) is 0 Å². The molecule has 0 atom stereocenters. The van der Waals surface area contributed by atoms with Crippen LogP contribution in [0.1, 0.15) is 29.9 Å². The quantitative estimate of drug-likeness (QED) is 0.898. The summed E-state index contributed by atoms with van der Waals surface area (Å²) in [5.74, 6) is 0.504. The monoisotopic (exact) mass is 280 g/mol. The van der Waals surface area contributed by atoms with Crippen molar-refractivity contribution in [2.75, 3.05) is 37.6 Å². The van der Waals surface area contributed by atoms with Crippen molar-refractivity contribution in [3.05, 3.63) is 11.3 Å². The molecule has 0 saturated carbocycles. The fourth-order valence-electron chi connectivity index (χ4n) is 2.92. The highest BCUT2D eigenvalue weighted by molar-refractivity contribution is 5.94. The first kappa shape index (κ1) is 14.8. The van der Waals surface area contributed by atoms with Crippen LogP contribution in [0, 0.1) is 12.8 Å². The zero-order valence-electron chi connectivity index (χ0n) is 12.8. The van der Waals surface area contributed by atoms with Crippen molar-refractivity contribution in [1.29, 1.82) is 0 Å². The highest BCUT2D eigenvalue weighted by Crippen LogP contribution is 2.24. The summed E-state index contributed by atoms with van der Waals surface area (Å²) in [7, 11) is 1.81. The van der Waals surface area contributed by atoms with Gasteiger partial charge in [0.1, 0.15) is 11.4 Å². The van der Waals surface area contributed by atoms with Crippen molar-refractivity contribution >= 4 is 11.8 Å². The molecule has 1 fully saturated rings. The smallest absolute Gasteiger partial charge is 0.341 e. The number of nitrogens with zero attached hydrogens (tertiary/aromatic N) is 4. The molecular formula is C14H24N4O2. The Morgan fingerprint density at radius 3 is 2.40 bits per heavy atom. The van der Waals surface area contributed by atoms with E-state index >= 15 is 0 Å². The van der Waals surface area contributed by atoms with Gasteiger partial charge in [-0.15, -0.1) is 0 Å². The second-order valence-corrected chi connectivity index (χ2v) is 5.89. The molecule has 20 heavy (non-hydrogen) atoms. The molecule has 0 aliphatic carbocycles. The minimum atomic E-state index is -0.893. The van der Waals surface area contributed by atoms with E-state index in [0.29, 0.717) is 17.2 Å². The Bertz CT molecular complexity index is 488. The summed E-state index contributed by atoms with van der Waals surface area (Å²) in [6, 6.07) is 0. The van der Waals surface area contributed by atoms with Crippen LogP contribution in [0.25, 0.3) is 0 Å². The molecule has 1 N–H and O–H groups in total. The maximum atomic E-state index is 11.4. The van der Waals surface area contributed by atoms with Gasteiger partial charge in [0.2, 0.25) is 0 Å². The van der Waals surface area contributed by atoms with Gasteiger partial charge < -0.3 is 10.0 Å². The van der Waals surface area contributed by atoms with Crippen LogP contribution in [0.4, 0.5) is 5.82 Å². The maximum Gasteiger partial charge on any atom is 0.341 e. The predicted molar refractivity (Wildman–Crippen MR) is 78.4 cm³/mol. The first-order chi connectivity index (χ1) is 9.40. The second kappa shape index (κ2) is 5.83. The third-order valence-corrected chi connectivity index (χ3v) is 3.70. The molecule has 1 aromatic heterocycles. The van der Waals surface area contributed by atoms with E-state index in [0.717, 1.165) is 38.5 Å². The Hall–Kier alpha value is -1.56. The molecule has 0 bridgehead atoms. The molecule has 112 valence electrons. The number of hydrogen-bond acceptors (Lipinski definition) is 4. The van der Waals surface area contributed by atoms with E-state index in [4.69, 9.17) is 0 Å². The van der Waals surface area contributed by atoms with E-state index in [2.05, 4.69) is 28.7 Å². The SMILES string of the molecule is Cc1nn(C)c(N2CCN(CC(C)C)CC2)c1C(=O)O. The van der Waals surface area contributed by atoms with E-state index in [-0.39, 0.29) is 0 Å². The Kier molecular flexibility index (Phi) is 4.32. The fraction of sp³-hybridized carbons (Fsp3) is 0.714. The molecule has 6 heteroatoms. The highest BCUT2D eigenvalue weighted by Gasteiger charge is 2.27. The summed E-state index contributed by atoms with van der Waals surface area (Å²) >= 11 is 0. The zero-order valence-corrected chi connectivity index (χ0v) is 12.8. The molecule has 0 aromatic carbocycles. The summed E-state index contributed by atoms with van der Waals surface area (Å²) in [5, 5.41) is 13.6. The van der Waals surface area contributed by atoms with Crippen LogP contribution >= 0.6 is 0 Å². The minimum Gasteiger partial charge on any atom is -0.477 e. The number of carbonyl (C=O) groups is 1. The number of piperazine rings is 1. The summed E-state index contributed by atoms with van der Waals surface area (Å²) in [4.78, 5) is 16.0. The van der Waals surface area contributed by atoms with Gasteiger partial charge in [0.15, 0.2) is 0 Å². The van der Waals surface area contributed by atoms with Gasteiger partial charge in [-0.2, -0.15) is 5.10 Å². The highest BCUT2D eigenvalue weighted by atomic mass is 16.4. The maximum absolute atomic E-state index is 11.4. The normalized spacial score (nSPS) is 16.9. The molecule has 0 amide bonds. The van der Waals surface area contributed by atoms with E-state index in [1.54, 1.807) is 11.6 Å². The molecule has 1 saturated heterocycles. The molecule has 1 aromatic rings. The molecular weight excluding hydrogens is 256 g/mol. The van der Waals surface area contributed by atoms with Gasteiger partial charge in [0, 0.05) is 39.8 Å². The predicted octanol–water partition coefficient (Wildman–Crippen LogP) is 1.20. The standard InChI is InChI=1S/C14H24N4O2/c1-10(2)9-17-5-7-18(8-6-17)13-12(14(19)20)11(3)15-16(13)4/h10H,5-9H2,1-4H3,(H,19,20). The number of aryl methyl sites for hydroxylation is 2.